The van der Waals surface area contributed by atoms with E-state index in [9.17, 15) is 24.0 Å². The zero-order valence-corrected chi connectivity index (χ0v) is 27.5. The van der Waals surface area contributed by atoms with Crippen LogP contribution in [0.25, 0.3) is 11.0 Å². The number of para-hydroxylation sites is 2. The fourth-order valence-electron chi connectivity index (χ4n) is 5.01. The molecule has 1 aromatic heterocycles. The Kier molecular flexibility index (Phi) is 14.4. The number of primary amides is 1. The number of nitrogens with zero attached hydrogens (tertiary/aromatic N) is 2. The number of H-pyrrole nitrogens is 1. The monoisotopic (exact) mass is 629 g/mol. The predicted octanol–water partition coefficient (Wildman–Crippen LogP) is 4.74. The van der Waals surface area contributed by atoms with Gasteiger partial charge in [-0.05, 0) is 84.8 Å². The van der Waals surface area contributed by atoms with E-state index in [2.05, 4.69) is 29.4 Å². The van der Waals surface area contributed by atoms with Crippen molar-refractivity contribution >= 4 is 34.9 Å². The second kappa shape index (κ2) is 17.4. The minimum Gasteiger partial charge on any atom is -0.481 e. The Labute approximate surface area is 265 Å². The van der Waals surface area contributed by atoms with Gasteiger partial charge < -0.3 is 30.8 Å². The van der Waals surface area contributed by atoms with Crippen LogP contribution in [-0.4, -0.2) is 68.2 Å². The first-order valence-corrected chi connectivity index (χ1v) is 15.8. The number of amides is 3. The third-order valence-corrected chi connectivity index (χ3v) is 7.34. The van der Waals surface area contributed by atoms with Gasteiger partial charge in [0.2, 0.25) is 11.8 Å². The summed E-state index contributed by atoms with van der Waals surface area (Å²) in [5.41, 5.74) is 6.45. The number of hydrogen-bond acceptors (Lipinski definition) is 6. The van der Waals surface area contributed by atoms with Crippen molar-refractivity contribution in [1.82, 2.24) is 19.8 Å². The van der Waals surface area contributed by atoms with Crippen molar-refractivity contribution in [3.8, 4) is 0 Å². The first-order chi connectivity index (χ1) is 21.2. The number of allylic oxidation sites excluding steroid dienone is 2. The van der Waals surface area contributed by atoms with Crippen LogP contribution in [0, 0.1) is 11.8 Å². The Morgan fingerprint density at radius 3 is 2.44 bits per heavy atom. The molecular weight excluding hydrogens is 578 g/mol. The summed E-state index contributed by atoms with van der Waals surface area (Å²) in [5.74, 6) is -1.22. The molecule has 1 saturated carbocycles. The molecule has 12 heteroatoms. The molecule has 45 heavy (non-hydrogen) atoms. The van der Waals surface area contributed by atoms with E-state index in [1.54, 1.807) is 25.3 Å². The number of carboxylic acid groups (broad SMARTS) is 1. The average molecular weight is 630 g/mol. The number of carbonyl (C=O) groups is 4. The fourth-order valence-corrected chi connectivity index (χ4v) is 5.01. The first kappa shape index (κ1) is 37.1. The van der Waals surface area contributed by atoms with Gasteiger partial charge in [-0.1, -0.05) is 44.1 Å². The van der Waals surface area contributed by atoms with E-state index in [-0.39, 0.29) is 30.1 Å². The summed E-state index contributed by atoms with van der Waals surface area (Å²) in [6.07, 6.45) is 10.6. The van der Waals surface area contributed by atoms with E-state index >= 15 is 0 Å². The Balaban J connectivity index is 0.000000241. The molecule has 0 bridgehead atoms. The molecule has 250 valence electrons. The predicted molar refractivity (Wildman–Crippen MR) is 174 cm³/mol. The number of aromatic nitrogens is 2. The lowest BCUT2D eigenvalue weighted by Crippen LogP contribution is -2.48. The van der Waals surface area contributed by atoms with Crippen LogP contribution in [0.1, 0.15) is 92.5 Å². The van der Waals surface area contributed by atoms with Gasteiger partial charge in [0.05, 0.1) is 17.0 Å². The second-order valence-corrected chi connectivity index (χ2v) is 12.7. The van der Waals surface area contributed by atoms with Crippen molar-refractivity contribution in [3.63, 3.8) is 0 Å². The lowest BCUT2D eigenvalue weighted by Gasteiger charge is -2.23. The molecule has 1 aromatic carbocycles. The molecular formula is C33H51N5O7. The van der Waals surface area contributed by atoms with Gasteiger partial charge in [0.25, 0.3) is 0 Å². The highest BCUT2D eigenvalue weighted by Crippen LogP contribution is 2.39. The van der Waals surface area contributed by atoms with Crippen molar-refractivity contribution in [2.75, 3.05) is 13.1 Å². The molecule has 3 unspecified atom stereocenters. The fraction of sp³-hybridized carbons (Fsp3) is 0.606. The van der Waals surface area contributed by atoms with Crippen LogP contribution in [0.4, 0.5) is 4.79 Å². The number of carboxylic acids is 1. The first-order valence-electron chi connectivity index (χ1n) is 15.8. The van der Waals surface area contributed by atoms with Gasteiger partial charge in [-0.25, -0.2) is 9.59 Å². The highest BCUT2D eigenvalue weighted by molar-refractivity contribution is 5.89. The maximum Gasteiger partial charge on any atom is 0.408 e. The molecule has 1 aliphatic heterocycles. The minimum absolute atomic E-state index is 0.0313. The smallest absolute Gasteiger partial charge is 0.408 e. The number of carbonyl (C=O) groups excluding carboxylic acids is 3. The van der Waals surface area contributed by atoms with Crippen LogP contribution < -0.4 is 16.7 Å². The third kappa shape index (κ3) is 12.4. The van der Waals surface area contributed by atoms with Gasteiger partial charge in [-0.3, -0.25) is 19.0 Å². The highest BCUT2D eigenvalue weighted by Gasteiger charge is 2.40. The topological polar surface area (TPSA) is 177 Å². The molecule has 12 nitrogen and oxygen atoms in total. The van der Waals surface area contributed by atoms with Gasteiger partial charge in [-0.15, -0.1) is 0 Å². The standard InChI is InChI=1S/C12H21N3O4.C11H18O2.C10H12N2O/c1-12(2,3)19-11(18)14-7-9(16)15-6-4-5-8(15)10(13)17;1-2-3-4-5-6-7-9-8-10(9)11(12)13;1-7(2)12-9-6-4-3-5-8(9)11-10(12)13/h8H,4-7H2,1-3H3,(H2,13,17)(H,14,18);6-7,9-10H,2-5,8H2,1H3,(H,12,13);3-7H,1-2H3,(H,11,13)/b;7-6-;. The van der Waals surface area contributed by atoms with Gasteiger partial charge in [0.15, 0.2) is 0 Å². The number of aromatic amines is 1. The van der Waals surface area contributed by atoms with E-state index in [0.717, 1.165) is 30.3 Å². The quantitative estimate of drug-likeness (QED) is 0.217. The van der Waals surface area contributed by atoms with Crippen molar-refractivity contribution in [2.24, 2.45) is 17.6 Å². The summed E-state index contributed by atoms with van der Waals surface area (Å²) in [6, 6.07) is 7.36. The molecule has 2 aliphatic rings. The van der Waals surface area contributed by atoms with Crippen LogP contribution in [0.5, 0.6) is 0 Å². The molecule has 1 aliphatic carbocycles. The van der Waals surface area contributed by atoms with E-state index in [4.69, 9.17) is 15.6 Å². The van der Waals surface area contributed by atoms with Crippen molar-refractivity contribution in [2.45, 2.75) is 104 Å². The Bertz CT molecular complexity index is 1370. The number of ether oxygens (including phenoxy) is 1. The normalized spacial score (nSPS) is 19.0. The summed E-state index contributed by atoms with van der Waals surface area (Å²) in [4.78, 5) is 60.6. The van der Waals surface area contributed by atoms with Crippen LogP contribution >= 0.6 is 0 Å². The summed E-state index contributed by atoms with van der Waals surface area (Å²) in [7, 11) is 0. The van der Waals surface area contributed by atoms with Crippen LogP contribution in [-0.2, 0) is 19.1 Å². The molecule has 2 heterocycles. The third-order valence-electron chi connectivity index (χ3n) is 7.34. The molecule has 2 fully saturated rings. The number of nitrogens with one attached hydrogen (secondary N) is 2. The van der Waals surface area contributed by atoms with E-state index in [1.165, 1.54) is 24.2 Å². The maximum atomic E-state index is 11.9. The van der Waals surface area contributed by atoms with Crippen LogP contribution in [0.3, 0.4) is 0 Å². The van der Waals surface area contributed by atoms with Crippen LogP contribution in [0.15, 0.2) is 41.2 Å². The molecule has 3 atom stereocenters. The van der Waals surface area contributed by atoms with Gasteiger partial charge in [-0.2, -0.15) is 0 Å². The number of aliphatic carboxylic acids is 1. The molecule has 2 aromatic rings. The number of benzene rings is 1. The number of fused-ring (bicyclic) bond motifs is 1. The van der Waals surface area contributed by atoms with E-state index in [1.807, 2.05) is 38.1 Å². The number of nitrogens with two attached hydrogens (primary N) is 1. The molecule has 3 amide bonds. The second-order valence-electron chi connectivity index (χ2n) is 12.7. The number of rotatable bonds is 10. The number of imidazole rings is 1. The van der Waals surface area contributed by atoms with Crippen molar-refractivity contribution < 1.29 is 29.0 Å². The maximum absolute atomic E-state index is 11.9. The van der Waals surface area contributed by atoms with Crippen molar-refractivity contribution in [3.05, 3.63) is 46.9 Å². The van der Waals surface area contributed by atoms with Gasteiger partial charge in [0, 0.05) is 12.6 Å². The lowest BCUT2D eigenvalue weighted by molar-refractivity contribution is -0.138. The SMILES string of the molecule is CC(C)(C)OC(=O)NCC(=O)N1CCCC1C(N)=O.CC(C)n1c(=O)[nH]c2ccccc21.CCCCC/C=C\C1CC1C(=O)O. The highest BCUT2D eigenvalue weighted by atomic mass is 16.6. The summed E-state index contributed by atoms with van der Waals surface area (Å²) >= 11 is 0. The Hall–Kier alpha value is -4.09. The van der Waals surface area contributed by atoms with Crippen molar-refractivity contribution in [1.29, 1.82) is 0 Å². The Morgan fingerprint density at radius 2 is 1.87 bits per heavy atom. The number of likely N-dealkylation sites (tertiary alicyclic amines) is 1. The average Bonchev–Trinajstić information content (AvgIpc) is 3.40. The molecule has 0 spiro atoms. The van der Waals surface area contributed by atoms with E-state index in [0.29, 0.717) is 18.9 Å². The number of unbranched alkanes of at least 4 members (excludes halogenated alkanes) is 3. The minimum atomic E-state index is -0.657. The van der Waals surface area contributed by atoms with Gasteiger partial charge >= 0.3 is 17.8 Å². The lowest BCUT2D eigenvalue weighted by atomic mass is 10.2. The number of alkyl carbamates (subject to hydrolysis) is 1. The number of hydrogen-bond donors (Lipinski definition) is 4. The summed E-state index contributed by atoms with van der Waals surface area (Å²) < 4.78 is 6.77. The molecule has 4 rings (SSSR count). The van der Waals surface area contributed by atoms with Crippen LogP contribution in [0.2, 0.25) is 0 Å². The zero-order valence-electron chi connectivity index (χ0n) is 27.5. The largest absolute Gasteiger partial charge is 0.481 e. The molecule has 0 radical (unpaired) electrons. The zero-order chi connectivity index (χ0) is 33.7. The summed E-state index contributed by atoms with van der Waals surface area (Å²) in [6.45, 7) is 11.7. The van der Waals surface area contributed by atoms with Gasteiger partial charge in [0.1, 0.15) is 18.2 Å². The Morgan fingerprint density at radius 1 is 1.18 bits per heavy atom. The molecule has 5 N–H and O–H groups in total. The summed E-state index contributed by atoms with van der Waals surface area (Å²) in [5, 5.41) is 11.0. The molecule has 1 saturated heterocycles. The van der Waals surface area contributed by atoms with E-state index < -0.39 is 29.6 Å².